The van der Waals surface area contributed by atoms with Crippen LogP contribution in [0.3, 0.4) is 0 Å². The Bertz CT molecular complexity index is 264. The van der Waals surface area contributed by atoms with Crippen molar-refractivity contribution in [3.63, 3.8) is 0 Å². The largest absolute Gasteiger partial charge is 0.300 e. The van der Waals surface area contributed by atoms with Crippen molar-refractivity contribution in [2.24, 2.45) is 5.41 Å². The van der Waals surface area contributed by atoms with Gasteiger partial charge in [-0.15, -0.1) is 0 Å². The van der Waals surface area contributed by atoms with Crippen LogP contribution < -0.4 is 0 Å². The number of hydrogen-bond donors (Lipinski definition) is 0. The van der Waals surface area contributed by atoms with E-state index >= 15 is 0 Å². The Morgan fingerprint density at radius 3 is 2.80 bits per heavy atom. The first kappa shape index (κ1) is 11.1. The molecule has 1 heterocycles. The average molecular weight is 213 g/mol. The summed E-state index contributed by atoms with van der Waals surface area (Å²) in [5.74, 6) is 0.349. The molecule has 2 aliphatic rings. The van der Waals surface area contributed by atoms with Crippen LogP contribution in [0.4, 0.5) is 4.39 Å². The summed E-state index contributed by atoms with van der Waals surface area (Å²) in [5.41, 5.74) is 0.165. The number of carbonyl (C=O) groups is 1. The molecule has 1 aliphatic heterocycles. The number of hydrogen-bond acceptors (Lipinski definition) is 2. The standard InChI is InChI=1S/C12H20FNO/c1-12(2)5-3-10(15)7-11(12)14-6-4-9(13)8-14/h9,11H,3-8H2,1-2H3. The van der Waals surface area contributed by atoms with Crippen molar-refractivity contribution in [3.8, 4) is 0 Å². The third-order valence-electron chi connectivity index (χ3n) is 3.97. The molecule has 2 fully saturated rings. The molecule has 1 saturated heterocycles. The quantitative estimate of drug-likeness (QED) is 0.665. The van der Waals surface area contributed by atoms with Crippen molar-refractivity contribution < 1.29 is 9.18 Å². The number of likely N-dealkylation sites (tertiary alicyclic amines) is 1. The van der Waals surface area contributed by atoms with E-state index in [9.17, 15) is 9.18 Å². The highest BCUT2D eigenvalue weighted by atomic mass is 19.1. The van der Waals surface area contributed by atoms with Crippen LogP contribution in [0.15, 0.2) is 0 Å². The predicted octanol–water partition coefficient (Wildman–Crippen LogP) is 2.18. The van der Waals surface area contributed by atoms with Crippen molar-refractivity contribution in [2.75, 3.05) is 13.1 Å². The summed E-state index contributed by atoms with van der Waals surface area (Å²) in [4.78, 5) is 13.7. The molecule has 0 bridgehead atoms. The van der Waals surface area contributed by atoms with E-state index in [-0.39, 0.29) is 11.5 Å². The number of halogens is 1. The van der Waals surface area contributed by atoms with E-state index < -0.39 is 6.17 Å². The van der Waals surface area contributed by atoms with Crippen LogP contribution in [0.1, 0.15) is 39.5 Å². The molecule has 0 aromatic heterocycles. The maximum atomic E-state index is 13.2. The van der Waals surface area contributed by atoms with Gasteiger partial charge in [0.25, 0.3) is 0 Å². The maximum absolute atomic E-state index is 13.2. The van der Waals surface area contributed by atoms with Gasteiger partial charge in [-0.05, 0) is 18.3 Å². The van der Waals surface area contributed by atoms with E-state index in [2.05, 4.69) is 18.7 Å². The maximum Gasteiger partial charge on any atom is 0.134 e. The van der Waals surface area contributed by atoms with Gasteiger partial charge < -0.3 is 0 Å². The summed E-state index contributed by atoms with van der Waals surface area (Å²) in [6.07, 6.45) is 2.23. The van der Waals surface area contributed by atoms with Crippen LogP contribution in [0.25, 0.3) is 0 Å². The smallest absolute Gasteiger partial charge is 0.134 e. The van der Waals surface area contributed by atoms with Gasteiger partial charge >= 0.3 is 0 Å². The van der Waals surface area contributed by atoms with Gasteiger partial charge in [0, 0.05) is 32.0 Å². The summed E-state index contributed by atoms with van der Waals surface area (Å²) >= 11 is 0. The van der Waals surface area contributed by atoms with Gasteiger partial charge in [-0.1, -0.05) is 13.8 Å². The Morgan fingerprint density at radius 1 is 1.47 bits per heavy atom. The minimum absolute atomic E-state index is 0.165. The van der Waals surface area contributed by atoms with Gasteiger partial charge in [0.05, 0.1) is 0 Å². The first-order valence-electron chi connectivity index (χ1n) is 5.89. The molecule has 0 radical (unpaired) electrons. The Morgan fingerprint density at radius 2 is 2.20 bits per heavy atom. The van der Waals surface area contributed by atoms with Crippen LogP contribution in [0.5, 0.6) is 0 Å². The highest BCUT2D eigenvalue weighted by molar-refractivity contribution is 5.80. The molecule has 2 atom stereocenters. The number of carbonyl (C=O) groups excluding carboxylic acids is 1. The van der Waals surface area contributed by atoms with E-state index in [1.165, 1.54) is 0 Å². The van der Waals surface area contributed by atoms with Crippen LogP contribution in [-0.4, -0.2) is 36.0 Å². The first-order chi connectivity index (χ1) is 6.99. The van der Waals surface area contributed by atoms with Crippen molar-refractivity contribution in [3.05, 3.63) is 0 Å². The average Bonchev–Trinajstić information content (AvgIpc) is 2.56. The predicted molar refractivity (Wildman–Crippen MR) is 57.5 cm³/mol. The van der Waals surface area contributed by atoms with Crippen molar-refractivity contribution in [1.29, 1.82) is 0 Å². The molecule has 2 unspecified atom stereocenters. The Hall–Kier alpha value is -0.440. The van der Waals surface area contributed by atoms with E-state index in [1.807, 2.05) is 0 Å². The van der Waals surface area contributed by atoms with Crippen molar-refractivity contribution in [2.45, 2.75) is 51.7 Å². The summed E-state index contributed by atoms with van der Waals surface area (Å²) < 4.78 is 13.2. The van der Waals surface area contributed by atoms with Crippen LogP contribution in [-0.2, 0) is 4.79 Å². The molecule has 1 aliphatic carbocycles. The molecule has 86 valence electrons. The number of ketones is 1. The fraction of sp³-hybridized carbons (Fsp3) is 0.917. The van der Waals surface area contributed by atoms with Gasteiger partial charge in [-0.3, -0.25) is 9.69 Å². The molecule has 2 nitrogen and oxygen atoms in total. The van der Waals surface area contributed by atoms with Crippen LogP contribution in [0, 0.1) is 5.41 Å². The summed E-state index contributed by atoms with van der Waals surface area (Å²) in [5, 5.41) is 0. The zero-order chi connectivity index (χ0) is 11.1. The number of alkyl halides is 1. The Labute approximate surface area is 90.8 Å². The first-order valence-corrected chi connectivity index (χ1v) is 5.89. The zero-order valence-electron chi connectivity index (χ0n) is 9.63. The lowest BCUT2D eigenvalue weighted by atomic mass is 9.72. The third-order valence-corrected chi connectivity index (χ3v) is 3.97. The lowest BCUT2D eigenvalue weighted by Gasteiger charge is -2.43. The normalized spacial score (nSPS) is 37.1. The van der Waals surface area contributed by atoms with E-state index in [0.29, 0.717) is 31.6 Å². The summed E-state index contributed by atoms with van der Waals surface area (Å²) in [7, 11) is 0. The Kier molecular flexibility index (Phi) is 2.84. The molecule has 2 rings (SSSR count). The topological polar surface area (TPSA) is 20.3 Å². The van der Waals surface area contributed by atoms with Crippen LogP contribution >= 0.6 is 0 Å². The van der Waals surface area contributed by atoms with Gasteiger partial charge in [-0.2, -0.15) is 0 Å². The molecule has 0 aromatic carbocycles. The zero-order valence-corrected chi connectivity index (χ0v) is 9.63. The summed E-state index contributed by atoms with van der Waals surface area (Å²) in [6.45, 7) is 5.76. The second-order valence-corrected chi connectivity index (χ2v) is 5.63. The second-order valence-electron chi connectivity index (χ2n) is 5.63. The number of rotatable bonds is 1. The molecular formula is C12H20FNO. The Balaban J connectivity index is 2.07. The molecule has 0 spiro atoms. The van der Waals surface area contributed by atoms with E-state index in [0.717, 1.165) is 13.0 Å². The molecule has 0 amide bonds. The van der Waals surface area contributed by atoms with E-state index in [1.54, 1.807) is 0 Å². The highest BCUT2D eigenvalue weighted by Gasteiger charge is 2.41. The van der Waals surface area contributed by atoms with Gasteiger partial charge in [0.1, 0.15) is 12.0 Å². The molecule has 15 heavy (non-hydrogen) atoms. The fourth-order valence-corrected chi connectivity index (χ4v) is 2.87. The number of nitrogens with zero attached hydrogens (tertiary/aromatic N) is 1. The SMILES string of the molecule is CC1(C)CCC(=O)CC1N1CCC(F)C1. The molecule has 0 N–H and O–H groups in total. The fourth-order valence-electron chi connectivity index (χ4n) is 2.87. The third kappa shape index (κ3) is 2.22. The molecule has 3 heteroatoms. The highest BCUT2D eigenvalue weighted by Crippen LogP contribution is 2.38. The van der Waals surface area contributed by atoms with Gasteiger partial charge in [-0.25, -0.2) is 4.39 Å². The van der Waals surface area contributed by atoms with Crippen molar-refractivity contribution >= 4 is 5.78 Å². The van der Waals surface area contributed by atoms with Gasteiger partial charge in [0.2, 0.25) is 0 Å². The van der Waals surface area contributed by atoms with Crippen LogP contribution in [0.2, 0.25) is 0 Å². The lowest BCUT2D eigenvalue weighted by molar-refractivity contribution is -0.125. The number of Topliss-reactive ketones (excluding diaryl/α,β-unsaturated/α-hetero) is 1. The summed E-state index contributed by atoms with van der Waals surface area (Å²) in [6, 6.07) is 0.263. The van der Waals surface area contributed by atoms with Crippen molar-refractivity contribution in [1.82, 2.24) is 4.90 Å². The minimum atomic E-state index is -0.683. The van der Waals surface area contributed by atoms with Gasteiger partial charge in [0.15, 0.2) is 0 Å². The lowest BCUT2D eigenvalue weighted by Crippen LogP contribution is -2.48. The second kappa shape index (κ2) is 3.85. The van der Waals surface area contributed by atoms with E-state index in [4.69, 9.17) is 0 Å². The molecular weight excluding hydrogens is 193 g/mol. The monoisotopic (exact) mass is 213 g/mol. The molecule has 0 aromatic rings. The minimum Gasteiger partial charge on any atom is -0.300 e. The molecule has 1 saturated carbocycles.